The minimum Gasteiger partial charge on any atom is -0.394 e. The third kappa shape index (κ3) is 5.13. The predicted molar refractivity (Wildman–Crippen MR) is 99.3 cm³/mol. The van der Waals surface area contributed by atoms with E-state index in [1.165, 1.54) is 33.6 Å². The number of nitrogens with zero attached hydrogens (tertiary/aromatic N) is 2. The normalized spacial score (nSPS) is 24.1. The van der Waals surface area contributed by atoms with Gasteiger partial charge >= 0.3 is 11.7 Å². The fourth-order valence-electron chi connectivity index (χ4n) is 3.11. The van der Waals surface area contributed by atoms with Crippen molar-refractivity contribution in [1.82, 2.24) is 9.55 Å². The maximum Gasteiger partial charge on any atom is 0.351 e. The third-order valence-electron chi connectivity index (χ3n) is 4.56. The fourth-order valence-corrected chi connectivity index (χ4v) is 3.11. The smallest absolute Gasteiger partial charge is 0.351 e. The number of aliphatic hydroxyl groups is 3. The molecule has 0 radical (unpaired) electrons. The molecule has 1 saturated heterocycles. The van der Waals surface area contributed by atoms with Crippen LogP contribution in [0.15, 0.2) is 17.1 Å². The number of aliphatic hydroxyl groups excluding tert-OH is 3. The monoisotopic (exact) mass is 433 g/mol. The summed E-state index contributed by atoms with van der Waals surface area (Å²) < 4.78 is 21.5. The minimum atomic E-state index is -1.43. The van der Waals surface area contributed by atoms with Crippen molar-refractivity contribution >= 4 is 11.8 Å². The van der Waals surface area contributed by atoms with Gasteiger partial charge in [-0.2, -0.15) is 4.98 Å². The highest BCUT2D eigenvalue weighted by Gasteiger charge is 2.44. The van der Waals surface area contributed by atoms with Crippen molar-refractivity contribution in [2.75, 3.05) is 53.2 Å². The van der Waals surface area contributed by atoms with E-state index in [4.69, 9.17) is 28.9 Å². The van der Waals surface area contributed by atoms with Crippen LogP contribution in [0.25, 0.3) is 0 Å². The van der Waals surface area contributed by atoms with Crippen molar-refractivity contribution in [3.8, 4) is 0 Å². The molecule has 2 rings (SSSR count). The largest absolute Gasteiger partial charge is 0.394 e. The SMILES string of the molecule is COCC(COC)(COC)C(=O)ONc1ccn([C@@H]2O[C@H](CO)[C@@H](O)[C@H]2O)c(=O)n1. The molecule has 0 spiro atoms. The summed E-state index contributed by atoms with van der Waals surface area (Å²) in [4.78, 5) is 33.6. The standard InChI is InChI=1S/C17H27N3O10/c1-26-7-17(8-27-2,9-28-3)15(24)30-19-11-4-5-20(16(25)18-11)14-13(23)12(22)10(6-21)29-14/h4-5,10,12-14,21-23H,6-9H2,1-3H3,(H,18,19,25)/t10-,12-,13-,14-/m1/s1. The molecule has 0 saturated carbocycles. The van der Waals surface area contributed by atoms with Gasteiger partial charge in [-0.05, 0) is 0 Å². The number of carbonyl (C=O) groups is 1. The number of rotatable bonds is 11. The Kier molecular flexibility index (Phi) is 8.66. The molecule has 2 heterocycles. The van der Waals surface area contributed by atoms with Gasteiger partial charge in [0, 0.05) is 33.6 Å². The summed E-state index contributed by atoms with van der Waals surface area (Å²) in [7, 11) is 4.25. The highest BCUT2D eigenvalue weighted by Crippen LogP contribution is 2.28. The van der Waals surface area contributed by atoms with Gasteiger partial charge in [0.1, 0.15) is 23.7 Å². The molecule has 4 N–H and O–H groups in total. The summed E-state index contributed by atoms with van der Waals surface area (Å²) in [5.41, 5.74) is 0.207. The Labute approximate surface area is 172 Å². The molecule has 1 aliphatic heterocycles. The molecule has 4 atom stereocenters. The van der Waals surface area contributed by atoms with Crippen LogP contribution in [0, 0.1) is 5.41 Å². The lowest BCUT2D eigenvalue weighted by molar-refractivity contribution is -0.165. The van der Waals surface area contributed by atoms with Crippen LogP contribution < -0.4 is 11.2 Å². The van der Waals surface area contributed by atoms with Crippen LogP contribution in [0.4, 0.5) is 5.82 Å². The van der Waals surface area contributed by atoms with Crippen molar-refractivity contribution in [3.05, 3.63) is 22.7 Å². The van der Waals surface area contributed by atoms with Gasteiger partial charge in [-0.1, -0.05) is 0 Å². The molecular formula is C17H27N3O10. The Bertz CT molecular complexity index is 741. The molecule has 1 aliphatic rings. The summed E-state index contributed by atoms with van der Waals surface area (Å²) in [5, 5.41) is 29.0. The van der Waals surface area contributed by atoms with E-state index >= 15 is 0 Å². The minimum absolute atomic E-state index is 0.0323. The quantitative estimate of drug-likeness (QED) is 0.274. The van der Waals surface area contributed by atoms with Gasteiger partial charge in [0.25, 0.3) is 0 Å². The first-order valence-corrected chi connectivity index (χ1v) is 8.99. The molecule has 1 aromatic heterocycles. The van der Waals surface area contributed by atoms with Crippen molar-refractivity contribution in [2.45, 2.75) is 24.5 Å². The second-order valence-electron chi connectivity index (χ2n) is 6.80. The van der Waals surface area contributed by atoms with E-state index in [0.717, 1.165) is 4.57 Å². The molecule has 1 fully saturated rings. The first-order valence-electron chi connectivity index (χ1n) is 8.99. The molecular weight excluding hydrogens is 406 g/mol. The van der Waals surface area contributed by atoms with Crippen molar-refractivity contribution in [2.24, 2.45) is 5.41 Å². The van der Waals surface area contributed by atoms with Crippen LogP contribution in [0.1, 0.15) is 6.23 Å². The van der Waals surface area contributed by atoms with Crippen LogP contribution in [-0.4, -0.2) is 96.9 Å². The number of nitrogens with one attached hydrogen (secondary N) is 1. The Morgan fingerprint density at radius 2 is 1.80 bits per heavy atom. The number of carbonyl (C=O) groups excluding carboxylic acids is 1. The summed E-state index contributed by atoms with van der Waals surface area (Å²) >= 11 is 0. The molecule has 30 heavy (non-hydrogen) atoms. The van der Waals surface area contributed by atoms with Crippen LogP contribution >= 0.6 is 0 Å². The Hall–Kier alpha value is -2.13. The van der Waals surface area contributed by atoms with Crippen molar-refractivity contribution < 1.29 is 43.9 Å². The molecule has 0 unspecified atom stereocenters. The fraction of sp³-hybridized carbons (Fsp3) is 0.706. The molecule has 0 aromatic carbocycles. The molecule has 0 amide bonds. The van der Waals surface area contributed by atoms with Crippen LogP contribution in [-0.2, 0) is 28.6 Å². The van der Waals surface area contributed by atoms with Gasteiger partial charge in [-0.3, -0.25) is 4.57 Å². The van der Waals surface area contributed by atoms with Crippen molar-refractivity contribution in [1.29, 1.82) is 0 Å². The maximum atomic E-state index is 12.6. The lowest BCUT2D eigenvalue weighted by Crippen LogP contribution is -2.45. The zero-order valence-electron chi connectivity index (χ0n) is 16.9. The van der Waals surface area contributed by atoms with Gasteiger partial charge in [0.05, 0.1) is 26.4 Å². The second-order valence-corrected chi connectivity index (χ2v) is 6.80. The van der Waals surface area contributed by atoms with E-state index in [1.807, 2.05) is 0 Å². The number of aromatic nitrogens is 2. The highest BCUT2D eigenvalue weighted by atomic mass is 16.7. The number of ether oxygens (including phenoxy) is 4. The van der Waals surface area contributed by atoms with Crippen LogP contribution in [0.3, 0.4) is 0 Å². The van der Waals surface area contributed by atoms with Gasteiger partial charge in [-0.15, -0.1) is 0 Å². The number of hydrogen-bond acceptors (Lipinski definition) is 12. The molecule has 13 heteroatoms. The van der Waals surface area contributed by atoms with Crippen LogP contribution in [0.5, 0.6) is 0 Å². The molecule has 0 aliphatic carbocycles. The highest BCUT2D eigenvalue weighted by molar-refractivity contribution is 5.78. The third-order valence-corrected chi connectivity index (χ3v) is 4.56. The van der Waals surface area contributed by atoms with Crippen LogP contribution in [0.2, 0.25) is 0 Å². The lowest BCUT2D eigenvalue weighted by Gasteiger charge is -2.28. The summed E-state index contributed by atoms with van der Waals surface area (Å²) in [6, 6.07) is 1.30. The summed E-state index contributed by atoms with van der Waals surface area (Å²) in [5.74, 6) is -0.833. The Balaban J connectivity index is 2.10. The molecule has 1 aromatic rings. The van der Waals surface area contributed by atoms with E-state index in [-0.39, 0.29) is 25.6 Å². The van der Waals surface area contributed by atoms with Gasteiger partial charge in [0.15, 0.2) is 12.0 Å². The predicted octanol–water partition coefficient (Wildman–Crippen LogP) is -2.35. The van der Waals surface area contributed by atoms with Crippen molar-refractivity contribution in [3.63, 3.8) is 0 Å². The van der Waals surface area contributed by atoms with E-state index in [1.54, 1.807) is 0 Å². The average Bonchev–Trinajstić information content (AvgIpc) is 3.01. The van der Waals surface area contributed by atoms with E-state index in [0.29, 0.717) is 0 Å². The van der Waals surface area contributed by atoms with E-state index in [9.17, 15) is 19.8 Å². The average molecular weight is 433 g/mol. The maximum absolute atomic E-state index is 12.6. The van der Waals surface area contributed by atoms with Gasteiger partial charge < -0.3 is 39.1 Å². The first-order chi connectivity index (χ1) is 14.3. The second kappa shape index (κ2) is 10.8. The number of anilines is 1. The van der Waals surface area contributed by atoms with E-state index in [2.05, 4.69) is 10.5 Å². The summed E-state index contributed by atoms with van der Waals surface area (Å²) in [6.45, 7) is -0.626. The Morgan fingerprint density at radius 3 is 2.27 bits per heavy atom. The zero-order chi connectivity index (χ0) is 22.3. The van der Waals surface area contributed by atoms with Gasteiger partial charge in [0.2, 0.25) is 0 Å². The first kappa shape index (κ1) is 24.1. The topological polar surface area (TPSA) is 171 Å². The molecule has 170 valence electrons. The van der Waals surface area contributed by atoms with Gasteiger partial charge in [-0.25, -0.2) is 15.1 Å². The Morgan fingerprint density at radius 1 is 1.20 bits per heavy atom. The number of methoxy groups -OCH3 is 3. The van der Waals surface area contributed by atoms with E-state index < -0.39 is 48.2 Å². The number of hydrogen-bond donors (Lipinski definition) is 4. The zero-order valence-corrected chi connectivity index (χ0v) is 16.9. The molecule has 0 bridgehead atoms. The molecule has 13 nitrogen and oxygen atoms in total. The summed E-state index contributed by atoms with van der Waals surface area (Å²) in [6.07, 6.45) is -3.83. The lowest BCUT2D eigenvalue weighted by atomic mass is 9.91.